The molecule has 5 rings (SSSR count). The summed E-state index contributed by atoms with van der Waals surface area (Å²) in [6.07, 6.45) is 8.08. The van der Waals surface area contributed by atoms with Crippen molar-refractivity contribution in [3.63, 3.8) is 0 Å². The summed E-state index contributed by atoms with van der Waals surface area (Å²) in [6, 6.07) is 17.8. The lowest BCUT2D eigenvalue weighted by molar-refractivity contribution is -0.137. The monoisotopic (exact) mass is 471 g/mol. The molecule has 0 saturated heterocycles. The molecule has 0 spiro atoms. The first-order valence-corrected chi connectivity index (χ1v) is 12.1. The highest BCUT2D eigenvalue weighted by atomic mass is 16.5. The third kappa shape index (κ3) is 5.48. The Morgan fingerprint density at radius 2 is 1.89 bits per heavy atom. The molecular weight excluding hydrogens is 442 g/mol. The Kier molecular flexibility index (Phi) is 6.70. The smallest absolute Gasteiger partial charge is 0.304 e. The number of fused-ring (bicyclic) bond motifs is 2. The van der Waals surface area contributed by atoms with E-state index < -0.39 is 5.97 Å². The number of amides is 1. The summed E-state index contributed by atoms with van der Waals surface area (Å²) < 4.78 is 11.4. The van der Waals surface area contributed by atoms with Crippen LogP contribution in [0.4, 0.5) is 0 Å². The van der Waals surface area contributed by atoms with Crippen LogP contribution in [0, 0.1) is 0 Å². The normalized spacial score (nSPS) is 17.4. The second-order valence-electron chi connectivity index (χ2n) is 9.21. The maximum absolute atomic E-state index is 12.3. The zero-order valence-corrected chi connectivity index (χ0v) is 19.5. The summed E-state index contributed by atoms with van der Waals surface area (Å²) in [5.74, 6) is 0.224. The number of hydrogen-bond acceptors (Lipinski definition) is 4. The number of ether oxygens (including phenoxy) is 2. The van der Waals surface area contributed by atoms with E-state index in [9.17, 15) is 14.7 Å². The fraction of sp³-hybridized carbons (Fsp3) is 0.310. The molecule has 2 N–H and O–H groups in total. The van der Waals surface area contributed by atoms with Crippen LogP contribution in [0.2, 0.25) is 0 Å². The van der Waals surface area contributed by atoms with E-state index in [2.05, 4.69) is 17.5 Å². The maximum Gasteiger partial charge on any atom is 0.304 e. The standard InChI is InChI=1S/C29H29NO5/c31-28(30-24-4-2-1-3-5-24)18-35-25-10-8-19-6-7-20(15-23(19)16-25)26(17-29(32)33)21-9-11-27-22(14-21)12-13-34-27/h2,4,6-11,14-16,24,26H,1,3,5,12-13,17-18H2,(H,30,31)(H,32,33). The van der Waals surface area contributed by atoms with E-state index in [4.69, 9.17) is 9.47 Å². The molecule has 2 atom stereocenters. The summed E-state index contributed by atoms with van der Waals surface area (Å²) in [5.41, 5.74) is 3.02. The van der Waals surface area contributed by atoms with E-state index in [0.717, 1.165) is 58.9 Å². The third-order valence-electron chi connectivity index (χ3n) is 6.70. The quantitative estimate of drug-likeness (QED) is 0.453. The second-order valence-corrected chi connectivity index (χ2v) is 9.21. The first-order valence-electron chi connectivity index (χ1n) is 12.1. The number of hydrogen-bond donors (Lipinski definition) is 2. The average molecular weight is 472 g/mol. The van der Waals surface area contributed by atoms with Gasteiger partial charge in [-0.3, -0.25) is 9.59 Å². The molecule has 6 heteroatoms. The Bertz CT molecular complexity index is 1280. The van der Waals surface area contributed by atoms with Gasteiger partial charge in [0.25, 0.3) is 5.91 Å². The molecular formula is C29H29NO5. The van der Waals surface area contributed by atoms with Crippen molar-refractivity contribution >= 4 is 22.6 Å². The molecule has 0 fully saturated rings. The van der Waals surface area contributed by atoms with Crippen LogP contribution in [-0.2, 0) is 16.0 Å². The van der Waals surface area contributed by atoms with Gasteiger partial charge in [-0.05, 0) is 64.9 Å². The molecule has 0 bridgehead atoms. The molecule has 1 heterocycles. The minimum absolute atomic E-state index is 0.00285. The molecule has 3 aromatic rings. The minimum atomic E-state index is -0.845. The van der Waals surface area contributed by atoms with Gasteiger partial charge in [-0.25, -0.2) is 0 Å². The van der Waals surface area contributed by atoms with Crippen molar-refractivity contribution in [2.75, 3.05) is 13.2 Å². The number of carboxylic acids is 1. The minimum Gasteiger partial charge on any atom is -0.493 e. The molecule has 6 nitrogen and oxygen atoms in total. The number of aliphatic carboxylic acids is 1. The van der Waals surface area contributed by atoms with Crippen molar-refractivity contribution in [3.05, 3.63) is 83.4 Å². The number of carboxylic acid groups (broad SMARTS) is 1. The largest absolute Gasteiger partial charge is 0.493 e. The molecule has 0 aromatic heterocycles. The summed E-state index contributed by atoms with van der Waals surface area (Å²) in [6.45, 7) is 0.616. The SMILES string of the molecule is O=C(O)CC(c1ccc2c(c1)CCO2)c1ccc2ccc(OCC(=O)NC3C=CCCC3)cc2c1. The van der Waals surface area contributed by atoms with Gasteiger partial charge in [-0.2, -0.15) is 0 Å². The Hall–Kier alpha value is -3.80. The lowest BCUT2D eigenvalue weighted by Gasteiger charge is -2.18. The zero-order valence-electron chi connectivity index (χ0n) is 19.5. The van der Waals surface area contributed by atoms with Crippen molar-refractivity contribution in [3.8, 4) is 11.5 Å². The van der Waals surface area contributed by atoms with Gasteiger partial charge in [0.1, 0.15) is 11.5 Å². The van der Waals surface area contributed by atoms with Crippen molar-refractivity contribution in [1.29, 1.82) is 0 Å². The molecule has 1 aliphatic heterocycles. The number of allylic oxidation sites excluding steroid dienone is 1. The number of rotatable bonds is 8. The predicted molar refractivity (Wildman–Crippen MR) is 134 cm³/mol. The van der Waals surface area contributed by atoms with E-state index >= 15 is 0 Å². The van der Waals surface area contributed by atoms with Crippen molar-refractivity contribution in [2.45, 2.75) is 44.1 Å². The highest BCUT2D eigenvalue weighted by Crippen LogP contribution is 2.35. The highest BCUT2D eigenvalue weighted by Gasteiger charge is 2.21. The van der Waals surface area contributed by atoms with Crippen LogP contribution in [0.5, 0.6) is 11.5 Å². The van der Waals surface area contributed by atoms with Crippen LogP contribution >= 0.6 is 0 Å². The van der Waals surface area contributed by atoms with Crippen molar-refractivity contribution in [2.24, 2.45) is 0 Å². The molecule has 1 aliphatic carbocycles. The molecule has 2 unspecified atom stereocenters. The fourth-order valence-electron chi connectivity index (χ4n) is 4.91. The van der Waals surface area contributed by atoms with Gasteiger partial charge in [0.05, 0.1) is 13.0 Å². The van der Waals surface area contributed by atoms with E-state index in [1.165, 1.54) is 0 Å². The highest BCUT2D eigenvalue weighted by molar-refractivity contribution is 5.85. The lowest BCUT2D eigenvalue weighted by Crippen LogP contribution is -2.37. The van der Waals surface area contributed by atoms with Crippen LogP contribution in [0.1, 0.15) is 48.3 Å². The molecule has 35 heavy (non-hydrogen) atoms. The van der Waals surface area contributed by atoms with Gasteiger partial charge in [0.15, 0.2) is 6.61 Å². The first kappa shape index (κ1) is 23.0. The van der Waals surface area contributed by atoms with Crippen molar-refractivity contribution < 1.29 is 24.2 Å². The molecule has 0 radical (unpaired) electrons. The topological polar surface area (TPSA) is 84.9 Å². The zero-order chi connectivity index (χ0) is 24.2. The fourth-order valence-corrected chi connectivity index (χ4v) is 4.91. The van der Waals surface area contributed by atoms with Crippen LogP contribution in [0.3, 0.4) is 0 Å². The summed E-state index contributed by atoms with van der Waals surface area (Å²) >= 11 is 0. The van der Waals surface area contributed by atoms with Crippen LogP contribution < -0.4 is 14.8 Å². The van der Waals surface area contributed by atoms with Crippen molar-refractivity contribution in [1.82, 2.24) is 5.32 Å². The summed E-state index contributed by atoms with van der Waals surface area (Å²) in [7, 11) is 0. The summed E-state index contributed by atoms with van der Waals surface area (Å²) in [4.78, 5) is 24.0. The van der Waals surface area contributed by atoms with E-state index in [1.807, 2.05) is 54.6 Å². The first-order chi connectivity index (χ1) is 17.0. The van der Waals surface area contributed by atoms with Gasteiger partial charge >= 0.3 is 5.97 Å². The van der Waals surface area contributed by atoms with Gasteiger partial charge in [-0.1, -0.05) is 48.6 Å². The van der Waals surface area contributed by atoms with E-state index in [0.29, 0.717) is 12.4 Å². The summed E-state index contributed by atoms with van der Waals surface area (Å²) in [5, 5.41) is 14.6. The van der Waals surface area contributed by atoms with Gasteiger partial charge in [0.2, 0.25) is 0 Å². The Labute approximate surface area is 204 Å². The Balaban J connectivity index is 1.35. The number of carbonyl (C=O) groups is 2. The van der Waals surface area contributed by atoms with Gasteiger partial charge < -0.3 is 19.9 Å². The number of nitrogens with one attached hydrogen (secondary N) is 1. The van der Waals surface area contributed by atoms with E-state index in [1.54, 1.807) is 0 Å². The van der Waals surface area contributed by atoms with E-state index in [-0.39, 0.29) is 30.9 Å². The molecule has 2 aliphatic rings. The number of carbonyl (C=O) groups excluding carboxylic acids is 1. The Morgan fingerprint density at radius 1 is 1.06 bits per heavy atom. The molecule has 3 aromatic carbocycles. The van der Waals surface area contributed by atoms with Crippen LogP contribution in [0.25, 0.3) is 10.8 Å². The number of benzene rings is 3. The molecule has 0 saturated carbocycles. The van der Waals surface area contributed by atoms with Crippen LogP contribution in [-0.4, -0.2) is 36.2 Å². The molecule has 1 amide bonds. The van der Waals surface area contributed by atoms with Crippen LogP contribution in [0.15, 0.2) is 66.7 Å². The Morgan fingerprint density at radius 3 is 2.71 bits per heavy atom. The third-order valence-corrected chi connectivity index (χ3v) is 6.70. The predicted octanol–water partition coefficient (Wildman–Crippen LogP) is 4.99. The average Bonchev–Trinajstić information content (AvgIpc) is 3.34. The molecule has 180 valence electrons. The lowest BCUT2D eigenvalue weighted by atomic mass is 9.86. The van der Waals surface area contributed by atoms with Gasteiger partial charge in [-0.15, -0.1) is 0 Å². The van der Waals surface area contributed by atoms with Gasteiger partial charge in [0, 0.05) is 18.4 Å². The maximum atomic E-state index is 12.3. The second kappa shape index (κ2) is 10.2.